The average Bonchev–Trinajstić information content (AvgIpc) is 4.23. The van der Waals surface area contributed by atoms with Crippen molar-refractivity contribution < 1.29 is 71.8 Å². The van der Waals surface area contributed by atoms with Crippen molar-refractivity contribution in [3.05, 3.63) is 17.5 Å². The number of hydrogen-bond acceptors (Lipinski definition) is 16. The van der Waals surface area contributed by atoms with Gasteiger partial charge in [-0.25, -0.2) is 4.79 Å². The first-order chi connectivity index (χ1) is 37.5. The average molecular weight is 1120 g/mol. The minimum Gasteiger partial charge on any atom is -0.463 e. The third kappa shape index (κ3) is 8.61. The zero-order valence-electron chi connectivity index (χ0n) is 49.3. The quantitative estimate of drug-likeness (QED) is 0.0751. The Morgan fingerprint density at radius 3 is 1.86 bits per heavy atom. The molecule has 18 nitrogen and oxygen atoms in total. The second-order valence-electron chi connectivity index (χ2n) is 29.3. The fourth-order valence-corrected chi connectivity index (χ4v) is 19.1. The highest BCUT2D eigenvalue weighted by Crippen LogP contribution is 2.70. The molecule has 18 heteroatoms. The largest absolute Gasteiger partial charge is 0.463 e. The van der Waals surface area contributed by atoms with E-state index in [1.54, 1.807) is 27.0 Å². The van der Waals surface area contributed by atoms with Crippen LogP contribution in [-0.2, 0) is 61.9 Å². The van der Waals surface area contributed by atoms with Crippen molar-refractivity contribution in [2.24, 2.45) is 80.3 Å². The lowest BCUT2D eigenvalue weighted by atomic mass is 9.40. The van der Waals surface area contributed by atoms with Gasteiger partial charge in [0.15, 0.2) is 0 Å². The summed E-state index contributed by atoms with van der Waals surface area (Å²) in [4.78, 5) is 109. The van der Waals surface area contributed by atoms with Crippen LogP contribution in [0.2, 0.25) is 0 Å². The number of rotatable bonds is 19. The van der Waals surface area contributed by atoms with Crippen LogP contribution in [0, 0.1) is 94.2 Å². The molecular formula is C62H89N3O15. The Kier molecular flexibility index (Phi) is 14.0. The van der Waals surface area contributed by atoms with Gasteiger partial charge < -0.3 is 43.6 Å². The number of nitrogens with one attached hydrogen (secondary N) is 1. The fourth-order valence-electron chi connectivity index (χ4n) is 19.1. The van der Waals surface area contributed by atoms with Crippen LogP contribution in [0.25, 0.3) is 0 Å². The van der Waals surface area contributed by atoms with Crippen LogP contribution in [0.15, 0.2) is 6.20 Å². The van der Waals surface area contributed by atoms with Crippen LogP contribution in [0.1, 0.15) is 183 Å². The number of aromatic nitrogens is 2. The number of amides is 1. The molecule has 10 unspecified atom stereocenters. The number of aliphatic hydroxyl groups excluding tert-OH is 1. The molecule has 10 atom stereocenters. The van der Waals surface area contributed by atoms with Crippen molar-refractivity contribution in [2.75, 3.05) is 26.4 Å². The molecule has 1 aromatic rings. The smallest absolute Gasteiger partial charge is 0.342 e. The second kappa shape index (κ2) is 19.5. The number of fused-ring (bicyclic) bond motifs is 1. The molecule has 1 amide bonds. The molecule has 11 aliphatic carbocycles. The zero-order chi connectivity index (χ0) is 57.5. The maximum Gasteiger partial charge on any atom is 0.342 e. The number of esters is 6. The van der Waals surface area contributed by atoms with Crippen LogP contribution in [0.4, 0.5) is 4.79 Å². The molecule has 0 radical (unpaired) electrons. The van der Waals surface area contributed by atoms with Gasteiger partial charge in [0, 0.05) is 24.5 Å². The molecule has 1 aromatic heterocycles. The number of hydrogen-bond donors (Lipinski definition) is 2. The lowest BCUT2D eigenvalue weighted by Crippen LogP contribution is -2.73. The third-order valence-corrected chi connectivity index (χ3v) is 24.2. The predicted molar refractivity (Wildman–Crippen MR) is 287 cm³/mol. The molecular weight excluding hydrogens is 1030 g/mol. The number of aryl methyl sites for hydroxylation is 2. The van der Waals surface area contributed by atoms with Gasteiger partial charge in [-0.2, -0.15) is 9.78 Å². The van der Waals surface area contributed by atoms with Crippen LogP contribution < -0.4 is 5.32 Å². The van der Waals surface area contributed by atoms with Crippen molar-refractivity contribution >= 4 is 41.8 Å². The maximum atomic E-state index is 16.8. The molecule has 1 aliphatic heterocycles. The molecule has 80 heavy (non-hydrogen) atoms. The van der Waals surface area contributed by atoms with E-state index in [4.69, 9.17) is 33.2 Å². The highest BCUT2D eigenvalue weighted by Gasteiger charge is 2.80. The Morgan fingerprint density at radius 2 is 1.27 bits per heavy atom. The third-order valence-electron chi connectivity index (χ3n) is 24.2. The fraction of sp³-hybridized carbons (Fsp3) is 0.839. The van der Waals surface area contributed by atoms with Crippen molar-refractivity contribution in [2.45, 2.75) is 220 Å². The first kappa shape index (κ1) is 57.2. The van der Waals surface area contributed by atoms with E-state index < -0.39 is 104 Å². The molecule has 442 valence electrons. The van der Waals surface area contributed by atoms with Gasteiger partial charge in [0.05, 0.1) is 64.0 Å². The van der Waals surface area contributed by atoms with Crippen molar-refractivity contribution in [3.8, 4) is 0 Å². The molecule has 0 aromatic carbocycles. The highest BCUT2D eigenvalue weighted by molar-refractivity contribution is 6.01. The molecule has 1 saturated heterocycles. The first-order valence-corrected chi connectivity index (χ1v) is 30.3. The van der Waals surface area contributed by atoms with Crippen LogP contribution in [0.5, 0.6) is 0 Å². The lowest BCUT2D eigenvalue weighted by Gasteiger charge is -2.63. The number of aliphatic hydroxyl groups is 1. The van der Waals surface area contributed by atoms with Crippen LogP contribution in [-0.4, -0.2) is 118 Å². The summed E-state index contributed by atoms with van der Waals surface area (Å²) in [5, 5.41) is 17.0. The van der Waals surface area contributed by atoms with E-state index in [0.29, 0.717) is 62.5 Å². The second-order valence-corrected chi connectivity index (χ2v) is 29.3. The van der Waals surface area contributed by atoms with Crippen molar-refractivity contribution in [1.82, 2.24) is 15.1 Å². The summed E-state index contributed by atoms with van der Waals surface area (Å²) in [6.07, 6.45) is 12.1. The van der Waals surface area contributed by atoms with E-state index in [2.05, 4.69) is 10.4 Å². The topological polar surface area (TPSA) is 234 Å². The normalized spacial score (nSPS) is 38.0. The van der Waals surface area contributed by atoms with Gasteiger partial charge in [0.1, 0.15) is 35.6 Å². The Balaban J connectivity index is 1.05. The van der Waals surface area contributed by atoms with Gasteiger partial charge in [0.25, 0.3) is 0 Å². The van der Waals surface area contributed by atoms with E-state index in [9.17, 15) is 14.7 Å². The van der Waals surface area contributed by atoms with E-state index in [1.807, 2.05) is 20.8 Å². The Hall–Kier alpha value is -4.58. The molecule has 12 fully saturated rings. The number of carbonyl (C=O) groups is 7. The predicted octanol–water partition coefficient (Wildman–Crippen LogP) is 8.44. The highest BCUT2D eigenvalue weighted by atomic mass is 16.6. The van der Waals surface area contributed by atoms with Crippen molar-refractivity contribution in [3.63, 3.8) is 0 Å². The van der Waals surface area contributed by atoms with E-state index in [-0.39, 0.29) is 67.2 Å². The monoisotopic (exact) mass is 1120 g/mol. The van der Waals surface area contributed by atoms with E-state index >= 15 is 24.0 Å². The molecule has 13 rings (SSSR count). The van der Waals surface area contributed by atoms with Gasteiger partial charge in [0.2, 0.25) is 0 Å². The minimum atomic E-state index is -2.61. The van der Waals surface area contributed by atoms with Gasteiger partial charge in [-0.3, -0.25) is 28.8 Å². The summed E-state index contributed by atoms with van der Waals surface area (Å²) in [5.41, 5.74) is -13.9. The van der Waals surface area contributed by atoms with Gasteiger partial charge >= 0.3 is 41.8 Å². The van der Waals surface area contributed by atoms with E-state index in [0.717, 1.165) is 74.5 Å². The zero-order valence-corrected chi connectivity index (χ0v) is 49.3. The lowest BCUT2D eigenvalue weighted by molar-refractivity contribution is -0.259. The SMILES string of the molecule is Cc1cn(C(=O)NCCOC(=O)C(C)(C(C)(C(=O)OC2C3CC4C(=O)OC2C4C3)C(C)(C)C(=O)OC23CC4CC(CC(OCCO)(C4)C2)C3)C(C)(C(=O)OC2(C)C3CC4CC(C3)CC2C4)C(C)(C)C(=O)OC2(C)CCCC2)nc1C. The molecule has 2 N–H and O–H groups in total. The van der Waals surface area contributed by atoms with Crippen molar-refractivity contribution in [1.29, 1.82) is 0 Å². The number of ether oxygens (including phenoxy) is 7. The Labute approximate surface area is 471 Å². The Bertz CT molecular complexity index is 2640. The summed E-state index contributed by atoms with van der Waals surface area (Å²) in [6, 6.07) is -0.590. The van der Waals surface area contributed by atoms with Gasteiger partial charge in [-0.05, 0) is 220 Å². The number of nitrogens with zero attached hydrogens (tertiary/aromatic N) is 2. The first-order valence-electron chi connectivity index (χ1n) is 30.3. The summed E-state index contributed by atoms with van der Waals surface area (Å²) < 4.78 is 47.5. The standard InChI is InChI=1S/C62H89N3O15/c1-34-32-65(64-35(34)2)53(73)63-16-18-74-50(70)60(11,59(10,54(3,4)48(68)78-56(7)14-12-13-15-56)52(72)79-57(8)41-22-36-20-37(24-41)25-42(57)23-36)58(9,51(71)77-45-40-26-43-44(27-40)47(67)76-46(43)45)55(5,6)49(69)80-62-30-38-21-39(31-62)29-61(28-38,33-62)75-19-17-66/h32,36-46,66H,12-31,33H2,1-11H3,(H,63,73). The van der Waals surface area contributed by atoms with Gasteiger partial charge in [-0.15, -0.1) is 0 Å². The summed E-state index contributed by atoms with van der Waals surface area (Å²) in [7, 11) is 0. The molecule has 12 aliphatic rings. The molecule has 10 bridgehead atoms. The number of carbonyl (C=O) groups excluding carboxylic acids is 7. The van der Waals surface area contributed by atoms with Crippen LogP contribution >= 0.6 is 0 Å². The molecule has 0 spiro atoms. The van der Waals surface area contributed by atoms with Crippen LogP contribution in [0.3, 0.4) is 0 Å². The summed E-state index contributed by atoms with van der Waals surface area (Å²) >= 11 is 0. The summed E-state index contributed by atoms with van der Waals surface area (Å²) in [6.45, 7) is 17.3. The Morgan fingerprint density at radius 1 is 0.700 bits per heavy atom. The minimum absolute atomic E-state index is 0.00738. The van der Waals surface area contributed by atoms with E-state index in [1.165, 1.54) is 34.6 Å². The van der Waals surface area contributed by atoms with Gasteiger partial charge in [-0.1, -0.05) is 0 Å². The summed E-state index contributed by atoms with van der Waals surface area (Å²) in [5.74, 6) is -4.60. The maximum absolute atomic E-state index is 16.8. The molecule has 11 saturated carbocycles. The molecule has 2 heterocycles.